The third-order valence-corrected chi connectivity index (χ3v) is 5.01. The molecule has 0 amide bonds. The highest BCUT2D eigenvalue weighted by molar-refractivity contribution is 7.20. The van der Waals surface area contributed by atoms with Crippen LogP contribution < -0.4 is 5.32 Å². The Morgan fingerprint density at radius 1 is 1.15 bits per heavy atom. The second-order valence-corrected chi connectivity index (χ2v) is 7.26. The molecule has 102 valence electrons. The largest absolute Gasteiger partial charge is 0.357 e. The van der Waals surface area contributed by atoms with E-state index in [4.69, 9.17) is 23.2 Å². The highest BCUT2D eigenvalue weighted by atomic mass is 35.5. The van der Waals surface area contributed by atoms with Crippen molar-refractivity contribution in [3.63, 3.8) is 0 Å². The molecule has 3 rings (SSSR count). The second kappa shape index (κ2) is 6.14. The van der Waals surface area contributed by atoms with Crippen LogP contribution in [0, 0.1) is 0 Å². The molecule has 0 unspecified atom stereocenters. The van der Waals surface area contributed by atoms with Crippen LogP contribution in [0.4, 0.5) is 5.13 Å². The van der Waals surface area contributed by atoms with E-state index in [1.54, 1.807) is 11.3 Å². The molecule has 0 atom stereocenters. The fourth-order valence-corrected chi connectivity index (χ4v) is 3.96. The summed E-state index contributed by atoms with van der Waals surface area (Å²) in [5.41, 5.74) is 2.98. The Morgan fingerprint density at radius 3 is 2.65 bits per heavy atom. The van der Waals surface area contributed by atoms with Crippen molar-refractivity contribution in [1.82, 2.24) is 4.98 Å². The SMILES string of the molecule is Clc1cc(-c2csc(NCc3ccccc3)n2)c(Cl)s1. The molecule has 0 spiro atoms. The van der Waals surface area contributed by atoms with E-state index in [9.17, 15) is 0 Å². The van der Waals surface area contributed by atoms with Crippen LogP contribution in [0.3, 0.4) is 0 Å². The van der Waals surface area contributed by atoms with Crippen molar-refractivity contribution < 1.29 is 0 Å². The van der Waals surface area contributed by atoms with Crippen molar-refractivity contribution in [3.05, 3.63) is 56.0 Å². The van der Waals surface area contributed by atoms with E-state index in [0.29, 0.717) is 8.67 Å². The van der Waals surface area contributed by atoms with E-state index >= 15 is 0 Å². The fraction of sp³-hybridized carbons (Fsp3) is 0.0714. The van der Waals surface area contributed by atoms with Crippen LogP contribution in [0.15, 0.2) is 41.8 Å². The molecule has 0 aliphatic carbocycles. The fourth-order valence-electron chi connectivity index (χ4n) is 1.77. The van der Waals surface area contributed by atoms with Gasteiger partial charge in [0.25, 0.3) is 0 Å². The average Bonchev–Trinajstić information content (AvgIpc) is 3.04. The molecule has 0 saturated carbocycles. The van der Waals surface area contributed by atoms with Gasteiger partial charge >= 0.3 is 0 Å². The average molecular weight is 341 g/mol. The number of hydrogen-bond acceptors (Lipinski definition) is 4. The van der Waals surface area contributed by atoms with E-state index in [1.165, 1.54) is 16.9 Å². The number of rotatable bonds is 4. The lowest BCUT2D eigenvalue weighted by Gasteiger charge is -2.01. The first-order valence-electron chi connectivity index (χ1n) is 5.91. The van der Waals surface area contributed by atoms with Gasteiger partial charge in [0.05, 0.1) is 10.0 Å². The lowest BCUT2D eigenvalue weighted by atomic mass is 10.2. The number of anilines is 1. The van der Waals surface area contributed by atoms with E-state index in [2.05, 4.69) is 22.4 Å². The Kier molecular flexibility index (Phi) is 4.27. The minimum absolute atomic E-state index is 0.676. The maximum Gasteiger partial charge on any atom is 0.183 e. The van der Waals surface area contributed by atoms with Crippen LogP contribution in [0.2, 0.25) is 8.67 Å². The maximum absolute atomic E-state index is 6.14. The minimum Gasteiger partial charge on any atom is -0.357 e. The minimum atomic E-state index is 0.676. The van der Waals surface area contributed by atoms with Gasteiger partial charge in [0.15, 0.2) is 5.13 Å². The Labute approximate surface area is 135 Å². The quantitative estimate of drug-likeness (QED) is 0.650. The molecule has 2 nitrogen and oxygen atoms in total. The van der Waals surface area contributed by atoms with Crippen LogP contribution in [0.1, 0.15) is 5.56 Å². The number of hydrogen-bond donors (Lipinski definition) is 1. The van der Waals surface area contributed by atoms with Gasteiger partial charge in [0.1, 0.15) is 4.34 Å². The van der Waals surface area contributed by atoms with Crippen molar-refractivity contribution in [3.8, 4) is 11.3 Å². The van der Waals surface area contributed by atoms with E-state index in [1.807, 2.05) is 29.6 Å². The number of thiazole rings is 1. The maximum atomic E-state index is 6.14. The molecule has 0 saturated heterocycles. The molecule has 0 aliphatic heterocycles. The summed E-state index contributed by atoms with van der Waals surface area (Å²) >= 11 is 15.0. The number of nitrogens with one attached hydrogen (secondary N) is 1. The number of aromatic nitrogens is 1. The Balaban J connectivity index is 1.73. The molecule has 1 N–H and O–H groups in total. The van der Waals surface area contributed by atoms with Gasteiger partial charge < -0.3 is 5.32 Å². The highest BCUT2D eigenvalue weighted by Crippen LogP contribution is 2.38. The van der Waals surface area contributed by atoms with E-state index in [0.717, 1.165) is 22.9 Å². The molecule has 0 bridgehead atoms. The molecule has 1 aromatic carbocycles. The van der Waals surface area contributed by atoms with Crippen molar-refractivity contribution in [1.29, 1.82) is 0 Å². The Hall–Kier alpha value is -1.07. The lowest BCUT2D eigenvalue weighted by molar-refractivity contribution is 1.14. The molecule has 0 fully saturated rings. The Morgan fingerprint density at radius 2 is 1.95 bits per heavy atom. The molecule has 2 heterocycles. The van der Waals surface area contributed by atoms with Gasteiger partial charge in [0, 0.05) is 17.5 Å². The van der Waals surface area contributed by atoms with Crippen LogP contribution >= 0.6 is 45.9 Å². The first-order chi connectivity index (χ1) is 9.72. The first kappa shape index (κ1) is 13.9. The zero-order valence-electron chi connectivity index (χ0n) is 10.3. The summed E-state index contributed by atoms with van der Waals surface area (Å²) in [6, 6.07) is 12.1. The molecule has 2 aromatic heterocycles. The number of benzene rings is 1. The van der Waals surface area contributed by atoms with Crippen LogP contribution in [0.5, 0.6) is 0 Å². The standard InChI is InChI=1S/C14H10Cl2N2S2/c15-12-6-10(13(16)20-12)11-8-19-14(18-11)17-7-9-4-2-1-3-5-9/h1-6,8H,7H2,(H,17,18). The van der Waals surface area contributed by atoms with Gasteiger partial charge in [-0.1, -0.05) is 53.5 Å². The molecular weight excluding hydrogens is 331 g/mol. The third kappa shape index (κ3) is 3.15. The molecule has 0 radical (unpaired) electrons. The van der Waals surface area contributed by atoms with Gasteiger partial charge in [-0.05, 0) is 11.6 Å². The summed E-state index contributed by atoms with van der Waals surface area (Å²) < 4.78 is 1.35. The summed E-state index contributed by atoms with van der Waals surface area (Å²) in [5.74, 6) is 0. The normalized spacial score (nSPS) is 10.7. The van der Waals surface area contributed by atoms with E-state index < -0.39 is 0 Å². The Bertz CT molecular complexity index is 707. The molecule has 6 heteroatoms. The van der Waals surface area contributed by atoms with E-state index in [-0.39, 0.29) is 0 Å². The first-order valence-corrected chi connectivity index (χ1v) is 8.36. The second-order valence-electron chi connectivity index (χ2n) is 4.11. The zero-order chi connectivity index (χ0) is 13.9. The molecule has 20 heavy (non-hydrogen) atoms. The van der Waals surface area contributed by atoms with Gasteiger partial charge in [-0.15, -0.1) is 22.7 Å². The van der Waals surface area contributed by atoms with Crippen LogP contribution in [0.25, 0.3) is 11.3 Å². The van der Waals surface area contributed by atoms with Crippen molar-refractivity contribution >= 4 is 51.0 Å². The third-order valence-electron chi connectivity index (χ3n) is 2.72. The van der Waals surface area contributed by atoms with Gasteiger partial charge in [-0.25, -0.2) is 4.98 Å². The zero-order valence-corrected chi connectivity index (χ0v) is 13.4. The highest BCUT2D eigenvalue weighted by Gasteiger charge is 2.11. The summed E-state index contributed by atoms with van der Waals surface area (Å²) in [6.07, 6.45) is 0. The summed E-state index contributed by atoms with van der Waals surface area (Å²) in [5, 5.41) is 6.17. The molecular formula is C14H10Cl2N2S2. The predicted molar refractivity (Wildman–Crippen MR) is 89.2 cm³/mol. The lowest BCUT2D eigenvalue weighted by Crippen LogP contribution is -1.98. The van der Waals surface area contributed by atoms with Crippen LogP contribution in [-0.4, -0.2) is 4.98 Å². The van der Waals surface area contributed by atoms with Crippen molar-refractivity contribution in [2.45, 2.75) is 6.54 Å². The number of halogens is 2. The number of nitrogens with zero attached hydrogens (tertiary/aromatic N) is 1. The van der Waals surface area contributed by atoms with Gasteiger partial charge in [0.2, 0.25) is 0 Å². The smallest absolute Gasteiger partial charge is 0.183 e. The summed E-state index contributed by atoms with van der Waals surface area (Å²) in [4.78, 5) is 4.54. The summed E-state index contributed by atoms with van der Waals surface area (Å²) in [6.45, 7) is 0.756. The van der Waals surface area contributed by atoms with Gasteiger partial charge in [-0.3, -0.25) is 0 Å². The summed E-state index contributed by atoms with van der Waals surface area (Å²) in [7, 11) is 0. The van der Waals surface area contributed by atoms with Gasteiger partial charge in [-0.2, -0.15) is 0 Å². The molecule has 3 aromatic rings. The van der Waals surface area contributed by atoms with Crippen molar-refractivity contribution in [2.75, 3.05) is 5.32 Å². The van der Waals surface area contributed by atoms with Crippen LogP contribution in [-0.2, 0) is 6.54 Å². The predicted octanol–water partition coefficient (Wildman–Crippen LogP) is 5.79. The topological polar surface area (TPSA) is 24.9 Å². The molecule has 0 aliphatic rings. The number of thiophene rings is 1. The van der Waals surface area contributed by atoms with Crippen molar-refractivity contribution in [2.24, 2.45) is 0 Å². The monoisotopic (exact) mass is 340 g/mol.